The number of aliphatic hydroxyl groups excluding tert-OH is 2. The Bertz CT molecular complexity index is 1290. The van der Waals surface area contributed by atoms with E-state index in [1.807, 2.05) is 6.08 Å². The highest BCUT2D eigenvalue weighted by Gasteiger charge is 2.18. The van der Waals surface area contributed by atoms with Crippen molar-refractivity contribution in [2.24, 2.45) is 0 Å². The van der Waals surface area contributed by atoms with Gasteiger partial charge in [0.1, 0.15) is 0 Å². The number of allylic oxidation sites excluding steroid dienone is 9. The third-order valence-electron chi connectivity index (χ3n) is 14.7. The Morgan fingerprint density at radius 2 is 0.703 bits per heavy atom. The normalized spacial score (nSPS) is 13.0. The van der Waals surface area contributed by atoms with Crippen molar-refractivity contribution in [2.75, 3.05) is 13.2 Å². The first-order chi connectivity index (χ1) is 36.5. The molecule has 6 heteroatoms. The quantitative estimate of drug-likeness (QED) is 0.0320. The van der Waals surface area contributed by atoms with Crippen LogP contribution in [0.25, 0.3) is 0 Å². The summed E-state index contributed by atoms with van der Waals surface area (Å²) in [5.74, 6) is -0.0726. The molecule has 0 aromatic rings. The van der Waals surface area contributed by atoms with Gasteiger partial charge in [-0.3, -0.25) is 9.59 Å². The zero-order chi connectivity index (χ0) is 53.6. The molecular weight excluding hydrogens is 911 g/mol. The van der Waals surface area contributed by atoms with Gasteiger partial charge in [-0.1, -0.05) is 293 Å². The number of carbonyl (C=O) groups is 2. The van der Waals surface area contributed by atoms with E-state index in [-0.39, 0.29) is 18.5 Å². The molecule has 0 fully saturated rings. The van der Waals surface area contributed by atoms with E-state index < -0.39 is 12.1 Å². The molecule has 2 unspecified atom stereocenters. The maximum atomic E-state index is 12.5. The van der Waals surface area contributed by atoms with Gasteiger partial charge in [0.05, 0.1) is 25.4 Å². The van der Waals surface area contributed by atoms with E-state index in [0.717, 1.165) is 57.8 Å². The molecule has 2 atom stereocenters. The molecule has 0 heterocycles. The monoisotopic (exact) mass is 1040 g/mol. The molecule has 0 aromatic heterocycles. The molecule has 0 aliphatic heterocycles. The summed E-state index contributed by atoms with van der Waals surface area (Å²) in [6, 6.07) is -0.629. The third kappa shape index (κ3) is 58.8. The van der Waals surface area contributed by atoms with Gasteiger partial charge in [0, 0.05) is 12.8 Å². The van der Waals surface area contributed by atoms with Gasteiger partial charge in [0.2, 0.25) is 5.91 Å². The lowest BCUT2D eigenvalue weighted by molar-refractivity contribution is -0.143. The first-order valence-corrected chi connectivity index (χ1v) is 32.6. The van der Waals surface area contributed by atoms with Crippen LogP contribution in [0.5, 0.6) is 0 Å². The molecule has 6 nitrogen and oxygen atoms in total. The van der Waals surface area contributed by atoms with E-state index in [1.165, 1.54) is 250 Å². The van der Waals surface area contributed by atoms with E-state index in [2.05, 4.69) is 67.8 Å². The largest absolute Gasteiger partial charge is 0.466 e. The van der Waals surface area contributed by atoms with Crippen LogP contribution in [0.1, 0.15) is 335 Å². The molecule has 1 amide bonds. The summed E-state index contributed by atoms with van der Waals surface area (Å²) in [6.45, 7) is 4.84. The standard InChI is InChI=1S/C68H125NO5/c1-3-5-7-9-11-13-15-17-33-37-40-44-48-52-56-60-66(71)65(64-70)69-67(72)61-57-53-49-45-41-38-34-31-29-27-25-23-21-19-18-20-22-24-26-28-30-32-35-39-43-47-51-55-59-63-74-68(73)62-58-54-50-46-42-36-16-14-12-10-8-6-4-2/h8,10,14,16,18,20,24,26,56,60,65-66,70-71H,3-7,9,11-13,15,17,19,21-23,25,27-55,57-59,61-64H2,1-2H3,(H,69,72)/b10-8-,16-14-,20-18-,26-24-,60-56+. The van der Waals surface area contributed by atoms with Crippen LogP contribution in [0.4, 0.5) is 0 Å². The van der Waals surface area contributed by atoms with Crippen LogP contribution < -0.4 is 5.32 Å². The van der Waals surface area contributed by atoms with E-state index in [4.69, 9.17) is 4.74 Å². The molecule has 0 aliphatic carbocycles. The average molecular weight is 1040 g/mol. The van der Waals surface area contributed by atoms with Crippen LogP contribution in [0.15, 0.2) is 60.8 Å². The topological polar surface area (TPSA) is 95.9 Å². The zero-order valence-corrected chi connectivity index (χ0v) is 49.3. The summed E-state index contributed by atoms with van der Waals surface area (Å²) >= 11 is 0. The van der Waals surface area contributed by atoms with Crippen molar-refractivity contribution in [3.63, 3.8) is 0 Å². The highest BCUT2D eigenvalue weighted by Crippen LogP contribution is 2.17. The summed E-state index contributed by atoms with van der Waals surface area (Å²) in [7, 11) is 0. The van der Waals surface area contributed by atoms with Gasteiger partial charge in [-0.2, -0.15) is 0 Å². The Hall–Kier alpha value is -2.44. The molecule has 432 valence electrons. The van der Waals surface area contributed by atoms with Crippen molar-refractivity contribution in [3.05, 3.63) is 60.8 Å². The number of carbonyl (C=O) groups excluding carboxylic acids is 2. The second kappa shape index (κ2) is 63.1. The van der Waals surface area contributed by atoms with Gasteiger partial charge in [0.15, 0.2) is 0 Å². The second-order valence-corrected chi connectivity index (χ2v) is 22.1. The Balaban J connectivity index is 3.43. The lowest BCUT2D eigenvalue weighted by atomic mass is 10.0. The maximum absolute atomic E-state index is 12.5. The Morgan fingerprint density at radius 3 is 1.08 bits per heavy atom. The summed E-state index contributed by atoms with van der Waals surface area (Å²) in [5, 5.41) is 23.1. The number of amides is 1. The van der Waals surface area contributed by atoms with Gasteiger partial charge in [-0.15, -0.1) is 0 Å². The number of hydrogen-bond acceptors (Lipinski definition) is 5. The SMILES string of the molecule is CCC/C=C\C/C=C\CCCCCCCC(=O)OCCCCCCCCCCC/C=C\C/C=C\CCCCCCCCCCCCCCCC(=O)NC(CO)C(O)/C=C/CCCCCCCCCCCCCCC. The van der Waals surface area contributed by atoms with Crippen LogP contribution in [0, 0.1) is 0 Å². The highest BCUT2D eigenvalue weighted by atomic mass is 16.5. The molecule has 3 N–H and O–H groups in total. The van der Waals surface area contributed by atoms with Gasteiger partial charge in [0.25, 0.3) is 0 Å². The number of hydrogen-bond donors (Lipinski definition) is 3. The van der Waals surface area contributed by atoms with Crippen molar-refractivity contribution in [1.29, 1.82) is 0 Å². The lowest BCUT2D eigenvalue weighted by Crippen LogP contribution is -2.45. The number of ether oxygens (including phenoxy) is 1. The number of nitrogens with one attached hydrogen (secondary N) is 1. The fourth-order valence-corrected chi connectivity index (χ4v) is 9.76. The van der Waals surface area contributed by atoms with Gasteiger partial charge >= 0.3 is 5.97 Å². The predicted molar refractivity (Wildman–Crippen MR) is 324 cm³/mol. The third-order valence-corrected chi connectivity index (χ3v) is 14.7. The molecule has 0 aromatic carbocycles. The fourth-order valence-electron chi connectivity index (χ4n) is 9.76. The zero-order valence-electron chi connectivity index (χ0n) is 49.3. The molecule has 74 heavy (non-hydrogen) atoms. The van der Waals surface area contributed by atoms with Crippen molar-refractivity contribution in [2.45, 2.75) is 347 Å². The predicted octanol–water partition coefficient (Wildman–Crippen LogP) is 20.7. The van der Waals surface area contributed by atoms with Crippen LogP contribution >= 0.6 is 0 Å². The fraction of sp³-hybridized carbons (Fsp3) is 0.824. The second-order valence-electron chi connectivity index (χ2n) is 22.1. The molecule has 0 spiro atoms. The summed E-state index contributed by atoms with van der Waals surface area (Å²) in [4.78, 5) is 24.5. The number of aliphatic hydroxyl groups is 2. The Kier molecular flexibility index (Phi) is 61.0. The minimum absolute atomic E-state index is 0.00424. The molecule has 0 rings (SSSR count). The number of esters is 1. The minimum atomic E-state index is -0.846. The average Bonchev–Trinajstić information content (AvgIpc) is 3.40. The van der Waals surface area contributed by atoms with Crippen LogP contribution in [0.3, 0.4) is 0 Å². The van der Waals surface area contributed by atoms with E-state index >= 15 is 0 Å². The Morgan fingerprint density at radius 1 is 0.378 bits per heavy atom. The lowest BCUT2D eigenvalue weighted by Gasteiger charge is -2.20. The van der Waals surface area contributed by atoms with Crippen LogP contribution in [0.2, 0.25) is 0 Å². The molecular formula is C68H125NO5. The summed E-state index contributed by atoms with van der Waals surface area (Å²) in [5.41, 5.74) is 0. The first kappa shape index (κ1) is 71.6. The van der Waals surface area contributed by atoms with Gasteiger partial charge in [-0.05, 0) is 89.9 Å². The van der Waals surface area contributed by atoms with Crippen molar-refractivity contribution in [1.82, 2.24) is 5.32 Å². The highest BCUT2D eigenvalue weighted by molar-refractivity contribution is 5.76. The van der Waals surface area contributed by atoms with Crippen molar-refractivity contribution in [3.8, 4) is 0 Å². The van der Waals surface area contributed by atoms with Gasteiger partial charge in [-0.25, -0.2) is 0 Å². The number of unbranched alkanes of at least 4 members (excludes halogenated alkanes) is 41. The Labute approximate surface area is 460 Å². The summed E-state index contributed by atoms with van der Waals surface area (Å²) < 4.78 is 5.47. The first-order valence-electron chi connectivity index (χ1n) is 32.6. The molecule has 0 saturated heterocycles. The van der Waals surface area contributed by atoms with Crippen molar-refractivity contribution >= 4 is 11.9 Å². The van der Waals surface area contributed by atoms with Crippen LogP contribution in [-0.2, 0) is 14.3 Å². The van der Waals surface area contributed by atoms with Crippen molar-refractivity contribution < 1.29 is 24.5 Å². The van der Waals surface area contributed by atoms with E-state index in [1.54, 1.807) is 6.08 Å². The van der Waals surface area contributed by atoms with Gasteiger partial charge < -0.3 is 20.3 Å². The summed E-state index contributed by atoms with van der Waals surface area (Å²) in [6.07, 6.45) is 82.8. The van der Waals surface area contributed by atoms with E-state index in [0.29, 0.717) is 19.4 Å². The minimum Gasteiger partial charge on any atom is -0.466 e. The molecule has 0 aliphatic rings. The smallest absolute Gasteiger partial charge is 0.305 e. The van der Waals surface area contributed by atoms with E-state index in [9.17, 15) is 19.8 Å². The molecule has 0 bridgehead atoms. The maximum Gasteiger partial charge on any atom is 0.305 e. The molecule has 0 radical (unpaired) electrons. The molecule has 0 saturated carbocycles. The number of rotatable bonds is 60. The van der Waals surface area contributed by atoms with Crippen LogP contribution in [-0.4, -0.2) is 47.4 Å².